The van der Waals surface area contributed by atoms with Crippen LogP contribution in [-0.4, -0.2) is 21.9 Å². The van der Waals surface area contributed by atoms with E-state index in [9.17, 15) is 0 Å². The van der Waals surface area contributed by atoms with E-state index in [2.05, 4.69) is 29.2 Å². The lowest BCUT2D eigenvalue weighted by Crippen LogP contribution is -2.41. The summed E-state index contributed by atoms with van der Waals surface area (Å²) in [5.41, 5.74) is 1.62. The summed E-state index contributed by atoms with van der Waals surface area (Å²) in [5, 5.41) is 8.66. The van der Waals surface area contributed by atoms with Gasteiger partial charge in [0.25, 0.3) is 0 Å². The number of nitrogens with zero attached hydrogens (tertiary/aromatic N) is 2. The van der Waals surface area contributed by atoms with E-state index in [-0.39, 0.29) is 0 Å². The molecule has 1 saturated heterocycles. The van der Waals surface area contributed by atoms with Crippen molar-refractivity contribution >= 4 is 0 Å². The molecule has 0 bridgehead atoms. The number of aromatic nitrogens is 2. The molecule has 112 valence electrons. The highest BCUT2D eigenvalue weighted by atomic mass is 15.3. The maximum absolute atomic E-state index is 4.90. The Kier molecular flexibility index (Phi) is 4.45. The van der Waals surface area contributed by atoms with Gasteiger partial charge in [-0.3, -0.25) is 4.68 Å². The summed E-state index contributed by atoms with van der Waals surface area (Å²) < 4.78 is 2.25. The summed E-state index contributed by atoms with van der Waals surface area (Å²) in [7, 11) is 0. The molecule has 20 heavy (non-hydrogen) atoms. The largest absolute Gasteiger partial charge is 0.311 e. The minimum Gasteiger partial charge on any atom is -0.311 e. The van der Waals surface area contributed by atoms with Crippen molar-refractivity contribution in [3.05, 3.63) is 18.0 Å². The van der Waals surface area contributed by atoms with Gasteiger partial charge in [0, 0.05) is 18.2 Å². The predicted octanol–water partition coefficient (Wildman–Crippen LogP) is 3.85. The van der Waals surface area contributed by atoms with Crippen molar-refractivity contribution in [1.29, 1.82) is 0 Å². The Morgan fingerprint density at radius 2 is 2.15 bits per heavy atom. The molecular weight excluding hydrogens is 246 g/mol. The van der Waals surface area contributed by atoms with Gasteiger partial charge < -0.3 is 5.32 Å². The van der Waals surface area contributed by atoms with Crippen LogP contribution in [0.15, 0.2) is 12.3 Å². The fraction of sp³-hybridized carbons (Fsp3) is 0.824. The monoisotopic (exact) mass is 275 g/mol. The zero-order valence-corrected chi connectivity index (χ0v) is 12.9. The minimum atomic E-state index is 0.334. The van der Waals surface area contributed by atoms with Gasteiger partial charge in [0.05, 0.1) is 11.7 Å². The molecule has 2 aliphatic rings. The van der Waals surface area contributed by atoms with E-state index in [1.54, 1.807) is 0 Å². The molecule has 1 aromatic heterocycles. The SMILES string of the molecule is CCCC1(Cc2ccn(C3CCCCC3)n2)CCCN1. The van der Waals surface area contributed by atoms with Crippen molar-refractivity contribution in [2.75, 3.05) is 6.54 Å². The second-order valence-corrected chi connectivity index (χ2v) is 6.82. The average Bonchev–Trinajstić information content (AvgIpc) is 3.11. The molecule has 2 heterocycles. The summed E-state index contributed by atoms with van der Waals surface area (Å²) in [6.45, 7) is 3.48. The molecule has 0 radical (unpaired) electrons. The Labute approximate surface area is 123 Å². The summed E-state index contributed by atoms with van der Waals surface area (Å²) in [6.07, 6.45) is 15.3. The van der Waals surface area contributed by atoms with Crippen LogP contribution in [0.3, 0.4) is 0 Å². The van der Waals surface area contributed by atoms with E-state index in [1.165, 1.54) is 70.0 Å². The average molecular weight is 275 g/mol. The standard InChI is InChI=1S/C17H29N3/c1-2-10-17(11-6-12-18-17)14-15-9-13-20(19-15)16-7-4-3-5-8-16/h9,13,16,18H,2-8,10-12,14H2,1H3. The van der Waals surface area contributed by atoms with Crippen molar-refractivity contribution in [2.45, 2.75) is 82.7 Å². The summed E-state index contributed by atoms with van der Waals surface area (Å²) in [5.74, 6) is 0. The zero-order valence-electron chi connectivity index (χ0n) is 12.9. The Balaban J connectivity index is 1.66. The van der Waals surface area contributed by atoms with Gasteiger partial charge >= 0.3 is 0 Å². The van der Waals surface area contributed by atoms with Crippen molar-refractivity contribution in [2.24, 2.45) is 0 Å². The topological polar surface area (TPSA) is 29.9 Å². The third kappa shape index (κ3) is 3.08. The van der Waals surface area contributed by atoms with Crippen LogP contribution in [-0.2, 0) is 6.42 Å². The summed E-state index contributed by atoms with van der Waals surface area (Å²) >= 11 is 0. The molecule has 1 saturated carbocycles. The first-order valence-electron chi connectivity index (χ1n) is 8.60. The number of hydrogen-bond acceptors (Lipinski definition) is 2. The molecule has 0 spiro atoms. The molecular formula is C17H29N3. The smallest absolute Gasteiger partial charge is 0.0643 e. The molecule has 0 aromatic carbocycles. The van der Waals surface area contributed by atoms with Gasteiger partial charge in [-0.1, -0.05) is 32.6 Å². The van der Waals surface area contributed by atoms with Crippen molar-refractivity contribution < 1.29 is 0 Å². The van der Waals surface area contributed by atoms with Crippen molar-refractivity contribution in [3.8, 4) is 0 Å². The Morgan fingerprint density at radius 1 is 1.30 bits per heavy atom. The summed E-state index contributed by atoms with van der Waals surface area (Å²) in [4.78, 5) is 0. The van der Waals surface area contributed by atoms with Gasteiger partial charge in [-0.05, 0) is 44.7 Å². The van der Waals surface area contributed by atoms with E-state index < -0.39 is 0 Å². The molecule has 1 atom stereocenters. The van der Waals surface area contributed by atoms with Gasteiger partial charge in [-0.25, -0.2) is 0 Å². The third-order valence-corrected chi connectivity index (χ3v) is 5.19. The molecule has 1 aliphatic carbocycles. The van der Waals surface area contributed by atoms with Crippen LogP contribution in [0, 0.1) is 0 Å². The quantitative estimate of drug-likeness (QED) is 0.884. The van der Waals surface area contributed by atoms with Crippen LogP contribution in [0.4, 0.5) is 0 Å². The van der Waals surface area contributed by atoms with E-state index in [0.29, 0.717) is 11.6 Å². The lowest BCUT2D eigenvalue weighted by molar-refractivity contribution is 0.317. The normalized spacial score (nSPS) is 28.1. The lowest BCUT2D eigenvalue weighted by atomic mass is 9.87. The highest BCUT2D eigenvalue weighted by molar-refractivity contribution is 5.08. The van der Waals surface area contributed by atoms with Crippen LogP contribution in [0.1, 0.15) is 76.4 Å². The Bertz CT molecular complexity index is 412. The Morgan fingerprint density at radius 3 is 2.85 bits per heavy atom. The van der Waals surface area contributed by atoms with Crippen molar-refractivity contribution in [3.63, 3.8) is 0 Å². The van der Waals surface area contributed by atoms with Crippen LogP contribution < -0.4 is 5.32 Å². The Hall–Kier alpha value is -0.830. The zero-order chi connectivity index (χ0) is 13.8. The number of rotatable bonds is 5. The third-order valence-electron chi connectivity index (χ3n) is 5.19. The second kappa shape index (κ2) is 6.30. The molecule has 3 nitrogen and oxygen atoms in total. The van der Waals surface area contributed by atoms with Gasteiger partial charge in [0.2, 0.25) is 0 Å². The highest BCUT2D eigenvalue weighted by Gasteiger charge is 2.33. The van der Waals surface area contributed by atoms with Crippen LogP contribution in [0.5, 0.6) is 0 Å². The van der Waals surface area contributed by atoms with Crippen LogP contribution >= 0.6 is 0 Å². The first-order valence-corrected chi connectivity index (χ1v) is 8.60. The fourth-order valence-corrected chi connectivity index (χ4v) is 4.17. The van der Waals surface area contributed by atoms with Gasteiger partial charge in [0.15, 0.2) is 0 Å². The molecule has 3 heteroatoms. The predicted molar refractivity (Wildman–Crippen MR) is 82.9 cm³/mol. The molecule has 1 aromatic rings. The maximum Gasteiger partial charge on any atom is 0.0643 e. The highest BCUT2D eigenvalue weighted by Crippen LogP contribution is 2.30. The van der Waals surface area contributed by atoms with Crippen LogP contribution in [0.2, 0.25) is 0 Å². The maximum atomic E-state index is 4.90. The lowest BCUT2D eigenvalue weighted by Gasteiger charge is -2.28. The summed E-state index contributed by atoms with van der Waals surface area (Å²) in [6, 6.07) is 2.92. The molecule has 2 fully saturated rings. The van der Waals surface area contributed by atoms with Gasteiger partial charge in [-0.2, -0.15) is 5.10 Å². The minimum absolute atomic E-state index is 0.334. The first kappa shape index (κ1) is 14.1. The fourth-order valence-electron chi connectivity index (χ4n) is 4.17. The molecule has 0 amide bonds. The van der Waals surface area contributed by atoms with E-state index >= 15 is 0 Å². The van der Waals surface area contributed by atoms with Gasteiger partial charge in [0.1, 0.15) is 0 Å². The number of nitrogens with one attached hydrogen (secondary N) is 1. The van der Waals surface area contributed by atoms with E-state index in [4.69, 9.17) is 5.10 Å². The van der Waals surface area contributed by atoms with E-state index in [0.717, 1.165) is 6.42 Å². The van der Waals surface area contributed by atoms with Gasteiger partial charge in [-0.15, -0.1) is 0 Å². The number of hydrogen-bond donors (Lipinski definition) is 1. The van der Waals surface area contributed by atoms with Crippen molar-refractivity contribution in [1.82, 2.24) is 15.1 Å². The molecule has 1 unspecified atom stereocenters. The molecule has 1 aliphatic heterocycles. The molecule has 1 N–H and O–H groups in total. The van der Waals surface area contributed by atoms with Crippen LogP contribution in [0.25, 0.3) is 0 Å². The van der Waals surface area contributed by atoms with E-state index in [1.807, 2.05) is 0 Å². The first-order chi connectivity index (χ1) is 9.81. The molecule has 3 rings (SSSR count). The second-order valence-electron chi connectivity index (χ2n) is 6.82.